The van der Waals surface area contributed by atoms with Gasteiger partial charge in [-0.1, -0.05) is 25.1 Å². The van der Waals surface area contributed by atoms with E-state index in [0.29, 0.717) is 6.04 Å². The van der Waals surface area contributed by atoms with E-state index in [1.165, 1.54) is 6.42 Å². The minimum absolute atomic E-state index is 0.0945. The first-order chi connectivity index (χ1) is 9.70. The van der Waals surface area contributed by atoms with Gasteiger partial charge in [0.15, 0.2) is 6.61 Å². The first-order valence-corrected chi connectivity index (χ1v) is 7.51. The van der Waals surface area contributed by atoms with E-state index in [9.17, 15) is 4.79 Å². The monoisotopic (exact) mass is 277 g/mol. The summed E-state index contributed by atoms with van der Waals surface area (Å²) in [4.78, 5) is 15.6. The fourth-order valence-electron chi connectivity index (χ4n) is 2.58. The predicted octanol–water partition coefficient (Wildman–Crippen LogP) is 0.591. The fourth-order valence-corrected chi connectivity index (χ4v) is 2.58. The van der Waals surface area contributed by atoms with Crippen LogP contribution in [0, 0.1) is 0 Å². The third-order valence-electron chi connectivity index (χ3n) is 4.17. The van der Waals surface area contributed by atoms with Gasteiger partial charge >= 0.3 is 0 Å². The second-order valence-corrected chi connectivity index (χ2v) is 5.45. The van der Waals surface area contributed by atoms with E-state index in [1.807, 2.05) is 35.2 Å². The Morgan fingerprint density at radius 3 is 2.55 bits per heavy atom. The van der Waals surface area contributed by atoms with E-state index >= 15 is 0 Å². The van der Waals surface area contributed by atoms with Crippen LogP contribution >= 0.6 is 0 Å². The lowest BCUT2D eigenvalue weighted by atomic mass is 10.2. The maximum Gasteiger partial charge on any atom is 0.260 e. The number of quaternary nitrogens is 1. The summed E-state index contributed by atoms with van der Waals surface area (Å²) in [6.45, 7) is 8.43. The van der Waals surface area contributed by atoms with Crippen LogP contribution in [0.25, 0.3) is 0 Å². The fraction of sp³-hybridized carbons (Fsp3) is 0.562. The number of nitrogens with one attached hydrogen (secondary N) is 1. The SMILES string of the molecule is CC[C@H](C)[NH+]1CCN(C(=O)COc2ccccc2)CC1. The third-order valence-corrected chi connectivity index (χ3v) is 4.17. The molecule has 110 valence electrons. The van der Waals surface area contributed by atoms with Crippen molar-refractivity contribution >= 4 is 5.91 Å². The summed E-state index contributed by atoms with van der Waals surface area (Å²) in [6, 6.07) is 10.2. The Hall–Kier alpha value is -1.55. The van der Waals surface area contributed by atoms with Crippen molar-refractivity contribution in [1.82, 2.24) is 4.90 Å². The van der Waals surface area contributed by atoms with Gasteiger partial charge in [0.1, 0.15) is 5.75 Å². The molecule has 0 radical (unpaired) electrons. The first kappa shape index (κ1) is 14.9. The summed E-state index contributed by atoms with van der Waals surface area (Å²) in [5.41, 5.74) is 0. The number of carbonyl (C=O) groups is 1. The van der Waals surface area contributed by atoms with Crippen LogP contribution in [-0.4, -0.2) is 49.6 Å². The number of amides is 1. The molecule has 1 aliphatic heterocycles. The number of ether oxygens (including phenoxy) is 1. The van der Waals surface area contributed by atoms with E-state index in [-0.39, 0.29) is 12.5 Å². The summed E-state index contributed by atoms with van der Waals surface area (Å²) >= 11 is 0. The Balaban J connectivity index is 1.75. The molecule has 0 aromatic heterocycles. The van der Waals surface area contributed by atoms with Crippen LogP contribution < -0.4 is 9.64 Å². The van der Waals surface area contributed by atoms with Gasteiger partial charge in [-0.2, -0.15) is 0 Å². The Bertz CT molecular complexity index is 414. The molecule has 1 atom stereocenters. The van der Waals surface area contributed by atoms with Gasteiger partial charge in [0.25, 0.3) is 5.91 Å². The summed E-state index contributed by atoms with van der Waals surface area (Å²) in [7, 11) is 0. The minimum atomic E-state index is 0.0945. The minimum Gasteiger partial charge on any atom is -0.484 e. The zero-order valence-corrected chi connectivity index (χ0v) is 12.5. The predicted molar refractivity (Wildman–Crippen MR) is 79.0 cm³/mol. The van der Waals surface area contributed by atoms with Crippen LogP contribution in [0.15, 0.2) is 30.3 Å². The standard InChI is InChI=1S/C16H24N2O2/c1-3-14(2)17-9-11-18(12-10-17)16(19)13-20-15-7-5-4-6-8-15/h4-8,14H,3,9-13H2,1-2H3/p+1/t14-/m0/s1. The molecule has 0 saturated carbocycles. The number of carbonyl (C=O) groups excluding carboxylic acids is 1. The first-order valence-electron chi connectivity index (χ1n) is 7.51. The van der Waals surface area contributed by atoms with Crippen molar-refractivity contribution in [3.8, 4) is 5.75 Å². The van der Waals surface area contributed by atoms with Crippen molar-refractivity contribution in [3.63, 3.8) is 0 Å². The van der Waals surface area contributed by atoms with E-state index in [2.05, 4.69) is 13.8 Å². The highest BCUT2D eigenvalue weighted by molar-refractivity contribution is 5.77. The molecule has 0 spiro atoms. The zero-order valence-electron chi connectivity index (χ0n) is 12.5. The molecule has 2 rings (SSSR count). The largest absolute Gasteiger partial charge is 0.484 e. The number of piperazine rings is 1. The Kier molecular flexibility index (Phi) is 5.41. The second-order valence-electron chi connectivity index (χ2n) is 5.45. The molecule has 1 N–H and O–H groups in total. The highest BCUT2D eigenvalue weighted by Crippen LogP contribution is 2.08. The summed E-state index contributed by atoms with van der Waals surface area (Å²) < 4.78 is 5.52. The van der Waals surface area contributed by atoms with Crippen LogP contribution in [0.2, 0.25) is 0 Å². The average molecular weight is 277 g/mol. The highest BCUT2D eigenvalue weighted by Gasteiger charge is 2.26. The lowest BCUT2D eigenvalue weighted by molar-refractivity contribution is -0.927. The molecular weight excluding hydrogens is 252 g/mol. The van der Waals surface area contributed by atoms with Gasteiger partial charge in [0, 0.05) is 0 Å². The maximum absolute atomic E-state index is 12.1. The van der Waals surface area contributed by atoms with Gasteiger partial charge in [-0.25, -0.2) is 0 Å². The molecule has 1 amide bonds. The van der Waals surface area contributed by atoms with Gasteiger partial charge in [0.05, 0.1) is 32.2 Å². The molecule has 4 nitrogen and oxygen atoms in total. The molecule has 1 aliphatic rings. The van der Waals surface area contributed by atoms with E-state index in [0.717, 1.165) is 31.9 Å². The Morgan fingerprint density at radius 2 is 1.95 bits per heavy atom. The molecule has 1 aromatic carbocycles. The molecule has 1 fully saturated rings. The summed E-state index contributed by atoms with van der Waals surface area (Å²) in [6.07, 6.45) is 1.19. The topological polar surface area (TPSA) is 34.0 Å². The van der Waals surface area contributed by atoms with E-state index in [4.69, 9.17) is 4.74 Å². The van der Waals surface area contributed by atoms with E-state index < -0.39 is 0 Å². The zero-order chi connectivity index (χ0) is 14.4. The van der Waals surface area contributed by atoms with Crippen LogP contribution in [-0.2, 0) is 4.79 Å². The molecule has 1 saturated heterocycles. The molecular formula is C16H25N2O2+. The van der Waals surface area contributed by atoms with Crippen molar-refractivity contribution in [2.75, 3.05) is 32.8 Å². The van der Waals surface area contributed by atoms with Gasteiger partial charge in [0.2, 0.25) is 0 Å². The van der Waals surface area contributed by atoms with Crippen molar-refractivity contribution in [2.24, 2.45) is 0 Å². The van der Waals surface area contributed by atoms with Crippen LogP contribution in [0.5, 0.6) is 5.75 Å². The lowest BCUT2D eigenvalue weighted by Gasteiger charge is -2.35. The van der Waals surface area contributed by atoms with E-state index in [1.54, 1.807) is 4.90 Å². The van der Waals surface area contributed by atoms with Gasteiger partial charge < -0.3 is 14.5 Å². The van der Waals surface area contributed by atoms with Gasteiger partial charge in [-0.05, 0) is 25.5 Å². The molecule has 4 heteroatoms. The summed E-state index contributed by atoms with van der Waals surface area (Å²) in [5, 5.41) is 0. The number of hydrogen-bond acceptors (Lipinski definition) is 2. The molecule has 0 unspecified atom stereocenters. The number of rotatable bonds is 5. The van der Waals surface area contributed by atoms with Crippen molar-refractivity contribution in [2.45, 2.75) is 26.3 Å². The number of benzene rings is 1. The molecule has 20 heavy (non-hydrogen) atoms. The highest BCUT2D eigenvalue weighted by atomic mass is 16.5. The second kappa shape index (κ2) is 7.29. The molecule has 0 aliphatic carbocycles. The molecule has 0 bridgehead atoms. The lowest BCUT2D eigenvalue weighted by Crippen LogP contribution is -3.17. The number of hydrogen-bond donors (Lipinski definition) is 1. The summed E-state index contributed by atoms with van der Waals surface area (Å²) in [5.74, 6) is 0.849. The average Bonchev–Trinajstić information content (AvgIpc) is 2.53. The molecule has 1 aromatic rings. The van der Waals surface area contributed by atoms with Crippen LogP contribution in [0.1, 0.15) is 20.3 Å². The van der Waals surface area contributed by atoms with Crippen LogP contribution in [0.4, 0.5) is 0 Å². The Labute approximate surface area is 121 Å². The number of nitrogens with zero attached hydrogens (tertiary/aromatic N) is 1. The number of para-hydroxylation sites is 1. The Morgan fingerprint density at radius 1 is 1.30 bits per heavy atom. The van der Waals surface area contributed by atoms with Crippen molar-refractivity contribution in [1.29, 1.82) is 0 Å². The maximum atomic E-state index is 12.1. The third kappa shape index (κ3) is 3.97. The molecule has 1 heterocycles. The normalized spacial score (nSPS) is 17.8. The smallest absolute Gasteiger partial charge is 0.260 e. The van der Waals surface area contributed by atoms with Crippen molar-refractivity contribution in [3.05, 3.63) is 30.3 Å². The van der Waals surface area contributed by atoms with Gasteiger partial charge in [-0.15, -0.1) is 0 Å². The van der Waals surface area contributed by atoms with Gasteiger partial charge in [-0.3, -0.25) is 4.79 Å². The van der Waals surface area contributed by atoms with Crippen molar-refractivity contribution < 1.29 is 14.4 Å². The van der Waals surface area contributed by atoms with Crippen LogP contribution in [0.3, 0.4) is 0 Å². The quantitative estimate of drug-likeness (QED) is 0.855.